The van der Waals surface area contributed by atoms with E-state index in [2.05, 4.69) is 10.3 Å². The highest BCUT2D eigenvalue weighted by molar-refractivity contribution is 6.07. The Kier molecular flexibility index (Phi) is 5.02. The Labute approximate surface area is 179 Å². The summed E-state index contributed by atoms with van der Waals surface area (Å²) >= 11 is 0. The topological polar surface area (TPSA) is 67.2 Å². The molecular formula is C24H23FN4O2. The molecule has 0 aliphatic carbocycles. The van der Waals surface area contributed by atoms with Gasteiger partial charge in [-0.2, -0.15) is 0 Å². The number of carbonyl (C=O) groups excluding carboxylic acids is 2. The summed E-state index contributed by atoms with van der Waals surface area (Å²) in [5.41, 5.74) is 4.55. The highest BCUT2D eigenvalue weighted by Gasteiger charge is 2.32. The van der Waals surface area contributed by atoms with E-state index in [0.29, 0.717) is 18.5 Å². The highest BCUT2D eigenvalue weighted by Crippen LogP contribution is 2.40. The number of aromatic nitrogens is 2. The van der Waals surface area contributed by atoms with Crippen molar-refractivity contribution in [1.82, 2.24) is 19.8 Å². The minimum atomic E-state index is -0.337. The maximum Gasteiger partial charge on any atom is 0.253 e. The lowest BCUT2D eigenvalue weighted by molar-refractivity contribution is -0.130. The van der Waals surface area contributed by atoms with E-state index in [9.17, 15) is 14.0 Å². The quantitative estimate of drug-likeness (QED) is 0.707. The standard InChI is InChI=1S/C24H23FN4O2/c25-18-5-3-16(4-6-18)21-22-19(9-12-27-24(22)31)29(15-20(30)28-13-1-2-14-28)23(21)17-7-10-26-11-8-17/h3-8,10-11H,1-2,9,12-15H2,(H,27,31). The van der Waals surface area contributed by atoms with Crippen molar-refractivity contribution in [2.75, 3.05) is 19.6 Å². The lowest BCUT2D eigenvalue weighted by atomic mass is 9.95. The van der Waals surface area contributed by atoms with Crippen LogP contribution in [0.25, 0.3) is 22.4 Å². The fraction of sp³-hybridized carbons (Fsp3) is 0.292. The fourth-order valence-corrected chi connectivity index (χ4v) is 4.64. The van der Waals surface area contributed by atoms with Crippen molar-refractivity contribution in [3.05, 3.63) is 65.9 Å². The number of hydrogen-bond acceptors (Lipinski definition) is 3. The first-order chi connectivity index (χ1) is 15.1. The number of hydrogen-bond donors (Lipinski definition) is 1. The summed E-state index contributed by atoms with van der Waals surface area (Å²) in [6, 6.07) is 9.91. The van der Waals surface area contributed by atoms with Crippen LogP contribution in [0.15, 0.2) is 48.8 Å². The monoisotopic (exact) mass is 418 g/mol. The Balaban J connectivity index is 1.74. The first-order valence-corrected chi connectivity index (χ1v) is 10.6. The second-order valence-electron chi connectivity index (χ2n) is 7.97. The van der Waals surface area contributed by atoms with E-state index in [4.69, 9.17) is 0 Å². The molecule has 4 heterocycles. The molecule has 0 unspecified atom stereocenters. The summed E-state index contributed by atoms with van der Waals surface area (Å²) in [5.74, 6) is -0.443. The molecule has 1 N–H and O–H groups in total. The maximum atomic E-state index is 13.6. The minimum absolute atomic E-state index is 0.0576. The number of halogens is 1. The van der Waals surface area contributed by atoms with E-state index < -0.39 is 0 Å². The van der Waals surface area contributed by atoms with Gasteiger partial charge in [-0.25, -0.2) is 4.39 Å². The van der Waals surface area contributed by atoms with Gasteiger partial charge < -0.3 is 14.8 Å². The van der Waals surface area contributed by atoms with Crippen molar-refractivity contribution in [3.63, 3.8) is 0 Å². The molecule has 0 bridgehead atoms. The molecule has 1 saturated heterocycles. The van der Waals surface area contributed by atoms with Crippen LogP contribution in [0, 0.1) is 5.82 Å². The molecule has 158 valence electrons. The van der Waals surface area contributed by atoms with E-state index in [-0.39, 0.29) is 24.2 Å². The van der Waals surface area contributed by atoms with Gasteiger partial charge >= 0.3 is 0 Å². The van der Waals surface area contributed by atoms with Crippen molar-refractivity contribution in [2.24, 2.45) is 0 Å². The largest absolute Gasteiger partial charge is 0.352 e. The van der Waals surface area contributed by atoms with Crippen molar-refractivity contribution < 1.29 is 14.0 Å². The predicted molar refractivity (Wildman–Crippen MR) is 115 cm³/mol. The Morgan fingerprint density at radius 2 is 1.71 bits per heavy atom. The van der Waals surface area contributed by atoms with Gasteiger partial charge in [0.25, 0.3) is 5.91 Å². The number of carbonyl (C=O) groups is 2. The zero-order valence-electron chi connectivity index (χ0n) is 17.1. The number of benzene rings is 1. The third-order valence-corrected chi connectivity index (χ3v) is 6.08. The van der Waals surface area contributed by atoms with Crippen LogP contribution in [-0.2, 0) is 17.8 Å². The zero-order chi connectivity index (χ0) is 21.4. The Hall–Kier alpha value is -3.48. The predicted octanol–water partition coefficient (Wildman–Crippen LogP) is 3.26. The normalized spacial score (nSPS) is 15.6. The molecule has 0 saturated carbocycles. The van der Waals surface area contributed by atoms with E-state index in [1.54, 1.807) is 24.5 Å². The summed E-state index contributed by atoms with van der Waals surface area (Å²) in [7, 11) is 0. The molecule has 3 aromatic rings. The van der Waals surface area contributed by atoms with Crippen LogP contribution in [0.3, 0.4) is 0 Å². The molecule has 2 aliphatic heterocycles. The summed E-state index contributed by atoms with van der Waals surface area (Å²) < 4.78 is 15.6. The summed E-state index contributed by atoms with van der Waals surface area (Å²) in [6.45, 7) is 2.25. The van der Waals surface area contributed by atoms with Gasteiger partial charge in [-0.3, -0.25) is 14.6 Å². The van der Waals surface area contributed by atoms with Crippen LogP contribution in [0.1, 0.15) is 28.9 Å². The summed E-state index contributed by atoms with van der Waals surface area (Å²) in [6.07, 6.45) is 6.07. The van der Waals surface area contributed by atoms with Gasteiger partial charge in [0, 0.05) is 55.3 Å². The van der Waals surface area contributed by atoms with E-state index >= 15 is 0 Å². The van der Waals surface area contributed by atoms with Crippen molar-refractivity contribution in [3.8, 4) is 22.4 Å². The van der Waals surface area contributed by atoms with Crippen LogP contribution in [-0.4, -0.2) is 45.9 Å². The number of nitrogens with one attached hydrogen (secondary N) is 1. The lowest BCUT2D eigenvalue weighted by Crippen LogP contribution is -2.35. The molecule has 1 aromatic carbocycles. The molecule has 2 aliphatic rings. The highest BCUT2D eigenvalue weighted by atomic mass is 19.1. The lowest BCUT2D eigenvalue weighted by Gasteiger charge is -2.20. The number of nitrogens with zero attached hydrogens (tertiary/aromatic N) is 3. The van der Waals surface area contributed by atoms with Crippen LogP contribution >= 0.6 is 0 Å². The molecule has 1 fully saturated rings. The van der Waals surface area contributed by atoms with Crippen molar-refractivity contribution >= 4 is 11.8 Å². The average molecular weight is 418 g/mol. The van der Waals surface area contributed by atoms with Crippen LogP contribution in [0.2, 0.25) is 0 Å². The van der Waals surface area contributed by atoms with Gasteiger partial charge in [-0.05, 0) is 42.7 Å². The van der Waals surface area contributed by atoms with Gasteiger partial charge in [0.2, 0.25) is 5.91 Å². The Bertz CT molecular complexity index is 1130. The van der Waals surface area contributed by atoms with Gasteiger partial charge in [0.1, 0.15) is 12.4 Å². The molecule has 2 amide bonds. The van der Waals surface area contributed by atoms with Gasteiger partial charge in [-0.15, -0.1) is 0 Å². The second kappa shape index (κ2) is 7.98. The Morgan fingerprint density at radius 1 is 1.00 bits per heavy atom. The average Bonchev–Trinajstić information content (AvgIpc) is 3.43. The summed E-state index contributed by atoms with van der Waals surface area (Å²) in [5, 5.41) is 2.93. The van der Waals surface area contributed by atoms with E-state index in [1.165, 1.54) is 12.1 Å². The van der Waals surface area contributed by atoms with Crippen LogP contribution in [0.4, 0.5) is 4.39 Å². The SMILES string of the molecule is O=C1NCCc2c1c(-c1ccc(F)cc1)c(-c1ccncc1)n2CC(=O)N1CCCC1. The molecule has 0 atom stereocenters. The molecular weight excluding hydrogens is 395 g/mol. The van der Waals surface area contributed by atoms with Gasteiger partial charge in [0.05, 0.1) is 11.3 Å². The number of fused-ring (bicyclic) bond motifs is 1. The van der Waals surface area contributed by atoms with Gasteiger partial charge in [0.15, 0.2) is 0 Å². The first-order valence-electron chi connectivity index (χ1n) is 10.6. The Morgan fingerprint density at radius 3 is 2.42 bits per heavy atom. The first kappa shape index (κ1) is 19.5. The third-order valence-electron chi connectivity index (χ3n) is 6.08. The molecule has 5 rings (SSSR count). The molecule has 31 heavy (non-hydrogen) atoms. The molecule has 7 heteroatoms. The van der Waals surface area contributed by atoms with Gasteiger partial charge in [-0.1, -0.05) is 12.1 Å². The summed E-state index contributed by atoms with van der Waals surface area (Å²) in [4.78, 5) is 32.1. The number of rotatable bonds is 4. The van der Waals surface area contributed by atoms with Crippen molar-refractivity contribution in [1.29, 1.82) is 0 Å². The maximum absolute atomic E-state index is 13.6. The van der Waals surface area contributed by atoms with E-state index in [1.807, 2.05) is 21.6 Å². The zero-order valence-corrected chi connectivity index (χ0v) is 17.1. The van der Waals surface area contributed by atoms with E-state index in [0.717, 1.165) is 54.0 Å². The molecule has 2 aromatic heterocycles. The fourth-order valence-electron chi connectivity index (χ4n) is 4.64. The third kappa shape index (κ3) is 3.50. The minimum Gasteiger partial charge on any atom is -0.352 e. The molecule has 6 nitrogen and oxygen atoms in total. The van der Waals surface area contributed by atoms with Crippen LogP contribution in [0.5, 0.6) is 0 Å². The van der Waals surface area contributed by atoms with Crippen molar-refractivity contribution in [2.45, 2.75) is 25.8 Å². The number of likely N-dealkylation sites (tertiary alicyclic amines) is 1. The second-order valence-corrected chi connectivity index (χ2v) is 7.97. The number of amides is 2. The van der Waals surface area contributed by atoms with Crippen LogP contribution < -0.4 is 5.32 Å². The smallest absolute Gasteiger partial charge is 0.253 e. The molecule has 0 spiro atoms. The number of pyridine rings is 1. The molecule has 0 radical (unpaired) electrons.